The number of carbonyl (C=O) groups excluding carboxylic acids is 1. The van der Waals surface area contributed by atoms with Gasteiger partial charge in [0.05, 0.1) is 6.61 Å². The van der Waals surface area contributed by atoms with Crippen molar-refractivity contribution in [3.05, 3.63) is 35.5 Å². The fraction of sp³-hybridized carbons (Fsp3) is 0.200. The third-order valence-corrected chi connectivity index (χ3v) is 2.18. The molecule has 0 unspecified atom stereocenters. The SMILES string of the molecule is CCOC(=O)c1ccc(Cl)nc1-n1cncn1. The standard InChI is InChI=1S/C10H9ClN4O2/c1-2-17-10(16)7-3-4-8(11)14-9(7)15-6-12-5-13-15/h3-6H,2H2,1H3. The second-order valence-corrected chi connectivity index (χ2v) is 3.45. The van der Waals surface area contributed by atoms with Crippen molar-refractivity contribution in [1.29, 1.82) is 0 Å². The summed E-state index contributed by atoms with van der Waals surface area (Å²) in [7, 11) is 0. The topological polar surface area (TPSA) is 69.9 Å². The van der Waals surface area contributed by atoms with E-state index >= 15 is 0 Å². The van der Waals surface area contributed by atoms with Crippen molar-refractivity contribution >= 4 is 17.6 Å². The highest BCUT2D eigenvalue weighted by molar-refractivity contribution is 6.29. The highest BCUT2D eigenvalue weighted by Gasteiger charge is 2.16. The Balaban J connectivity index is 2.49. The summed E-state index contributed by atoms with van der Waals surface area (Å²) in [5, 5.41) is 4.17. The molecule has 0 aromatic carbocycles. The van der Waals surface area contributed by atoms with Crippen LogP contribution in [0.5, 0.6) is 0 Å². The average Bonchev–Trinajstić information content (AvgIpc) is 2.82. The van der Waals surface area contributed by atoms with Crippen LogP contribution < -0.4 is 0 Å². The molecule has 0 aliphatic carbocycles. The zero-order valence-corrected chi connectivity index (χ0v) is 9.76. The van der Waals surface area contributed by atoms with Crippen molar-refractivity contribution in [2.24, 2.45) is 0 Å². The van der Waals surface area contributed by atoms with Gasteiger partial charge in [0.1, 0.15) is 23.4 Å². The number of esters is 1. The summed E-state index contributed by atoms with van der Waals surface area (Å²) in [6, 6.07) is 3.07. The van der Waals surface area contributed by atoms with Gasteiger partial charge < -0.3 is 4.74 Å². The number of nitrogens with zero attached hydrogens (tertiary/aromatic N) is 4. The van der Waals surface area contributed by atoms with Crippen molar-refractivity contribution in [1.82, 2.24) is 19.7 Å². The molecule has 2 rings (SSSR count). The molecule has 0 radical (unpaired) electrons. The van der Waals surface area contributed by atoms with E-state index in [2.05, 4.69) is 15.1 Å². The number of aromatic nitrogens is 4. The van der Waals surface area contributed by atoms with E-state index in [1.807, 2.05) is 0 Å². The lowest BCUT2D eigenvalue weighted by Gasteiger charge is -2.07. The van der Waals surface area contributed by atoms with Crippen LogP contribution in [0.3, 0.4) is 0 Å². The average molecular weight is 253 g/mol. The lowest BCUT2D eigenvalue weighted by molar-refractivity contribution is 0.0525. The van der Waals surface area contributed by atoms with E-state index < -0.39 is 5.97 Å². The molecule has 0 aliphatic rings. The Morgan fingerprint density at radius 3 is 3.00 bits per heavy atom. The van der Waals surface area contributed by atoms with Gasteiger partial charge in [0, 0.05) is 0 Å². The minimum absolute atomic E-state index is 0.267. The normalized spacial score (nSPS) is 10.2. The molecule has 0 spiro atoms. The third-order valence-electron chi connectivity index (χ3n) is 1.97. The molecule has 17 heavy (non-hydrogen) atoms. The fourth-order valence-electron chi connectivity index (χ4n) is 1.29. The number of hydrogen-bond acceptors (Lipinski definition) is 5. The van der Waals surface area contributed by atoms with Crippen LogP contribution in [0, 0.1) is 0 Å². The van der Waals surface area contributed by atoms with Crippen LogP contribution in [0.4, 0.5) is 0 Å². The van der Waals surface area contributed by atoms with Crippen LogP contribution in [0.1, 0.15) is 17.3 Å². The summed E-state index contributed by atoms with van der Waals surface area (Å²) in [4.78, 5) is 19.5. The number of ether oxygens (including phenoxy) is 1. The summed E-state index contributed by atoms with van der Waals surface area (Å²) in [5.41, 5.74) is 0.293. The van der Waals surface area contributed by atoms with Crippen molar-refractivity contribution in [2.75, 3.05) is 6.61 Å². The van der Waals surface area contributed by atoms with E-state index in [0.29, 0.717) is 11.4 Å². The van der Waals surface area contributed by atoms with Gasteiger partial charge in [-0.25, -0.2) is 19.4 Å². The van der Waals surface area contributed by atoms with Crippen LogP contribution >= 0.6 is 11.6 Å². The minimum Gasteiger partial charge on any atom is -0.462 e. The second-order valence-electron chi connectivity index (χ2n) is 3.07. The Hall–Kier alpha value is -1.95. The Morgan fingerprint density at radius 1 is 1.53 bits per heavy atom. The van der Waals surface area contributed by atoms with Crippen molar-refractivity contribution < 1.29 is 9.53 Å². The number of hydrogen-bond donors (Lipinski definition) is 0. The molecule has 2 aromatic heterocycles. The van der Waals surface area contributed by atoms with Crippen LogP contribution in [0.15, 0.2) is 24.8 Å². The van der Waals surface area contributed by atoms with E-state index in [1.165, 1.54) is 23.4 Å². The monoisotopic (exact) mass is 252 g/mol. The molecule has 0 N–H and O–H groups in total. The van der Waals surface area contributed by atoms with Crippen LogP contribution in [-0.2, 0) is 4.74 Å². The van der Waals surface area contributed by atoms with E-state index in [0.717, 1.165) is 0 Å². The number of pyridine rings is 1. The molecule has 0 bridgehead atoms. The van der Waals surface area contributed by atoms with Gasteiger partial charge in [-0.2, -0.15) is 5.10 Å². The van der Waals surface area contributed by atoms with Gasteiger partial charge in [0.25, 0.3) is 0 Å². The van der Waals surface area contributed by atoms with Crippen LogP contribution in [0.25, 0.3) is 5.82 Å². The van der Waals surface area contributed by atoms with Crippen molar-refractivity contribution in [2.45, 2.75) is 6.92 Å². The molecule has 0 atom stereocenters. The van der Waals surface area contributed by atoms with Crippen molar-refractivity contribution in [3.8, 4) is 5.82 Å². The molecule has 0 fully saturated rings. The maximum absolute atomic E-state index is 11.7. The van der Waals surface area contributed by atoms with E-state index in [4.69, 9.17) is 16.3 Å². The van der Waals surface area contributed by atoms with Gasteiger partial charge in [-0.3, -0.25) is 0 Å². The molecule has 2 heterocycles. The fourth-order valence-corrected chi connectivity index (χ4v) is 1.43. The van der Waals surface area contributed by atoms with E-state index in [1.54, 1.807) is 13.0 Å². The Labute approximate surface area is 102 Å². The Bertz CT molecular complexity index is 527. The molecule has 7 heteroatoms. The molecular weight excluding hydrogens is 244 g/mol. The maximum atomic E-state index is 11.7. The predicted molar refractivity (Wildman–Crippen MR) is 60.1 cm³/mol. The Kier molecular flexibility index (Phi) is 3.34. The third kappa shape index (κ3) is 2.42. The molecule has 0 amide bonds. The van der Waals surface area contributed by atoms with Crippen LogP contribution in [0.2, 0.25) is 5.15 Å². The first-order valence-corrected chi connectivity index (χ1v) is 5.29. The molecule has 0 saturated carbocycles. The second kappa shape index (κ2) is 4.92. The minimum atomic E-state index is -0.470. The maximum Gasteiger partial charge on any atom is 0.341 e. The molecule has 0 aliphatic heterocycles. The quantitative estimate of drug-likeness (QED) is 0.611. The lowest BCUT2D eigenvalue weighted by atomic mass is 10.2. The van der Waals surface area contributed by atoms with Gasteiger partial charge in [-0.1, -0.05) is 11.6 Å². The number of halogens is 1. The zero-order valence-electron chi connectivity index (χ0n) is 9.00. The van der Waals surface area contributed by atoms with Gasteiger partial charge in [0.15, 0.2) is 5.82 Å². The van der Waals surface area contributed by atoms with E-state index in [-0.39, 0.29) is 11.8 Å². The first-order valence-electron chi connectivity index (χ1n) is 4.91. The predicted octanol–water partition coefficient (Wildman–Crippen LogP) is 1.49. The molecule has 6 nitrogen and oxygen atoms in total. The zero-order chi connectivity index (χ0) is 12.3. The van der Waals surface area contributed by atoms with Gasteiger partial charge in [0.2, 0.25) is 0 Å². The smallest absolute Gasteiger partial charge is 0.341 e. The summed E-state index contributed by atoms with van der Waals surface area (Å²) in [6.45, 7) is 2.02. The first-order chi connectivity index (χ1) is 8.22. The Morgan fingerprint density at radius 2 is 2.35 bits per heavy atom. The lowest BCUT2D eigenvalue weighted by Crippen LogP contribution is -2.11. The van der Waals surface area contributed by atoms with Gasteiger partial charge >= 0.3 is 5.97 Å². The molecule has 88 valence electrons. The molecule has 2 aromatic rings. The first kappa shape index (κ1) is 11.5. The summed E-state index contributed by atoms with van der Waals surface area (Å²) < 4.78 is 6.28. The molecule has 0 saturated heterocycles. The number of carbonyl (C=O) groups is 1. The molecular formula is C10H9ClN4O2. The highest BCUT2D eigenvalue weighted by Crippen LogP contribution is 2.15. The highest BCUT2D eigenvalue weighted by atomic mass is 35.5. The number of rotatable bonds is 3. The van der Waals surface area contributed by atoms with Gasteiger partial charge in [-0.05, 0) is 19.1 Å². The van der Waals surface area contributed by atoms with Gasteiger partial charge in [-0.15, -0.1) is 0 Å². The summed E-state index contributed by atoms with van der Waals surface area (Å²) in [6.07, 6.45) is 2.78. The summed E-state index contributed by atoms with van der Waals surface area (Å²) in [5.74, 6) is -0.171. The van der Waals surface area contributed by atoms with E-state index in [9.17, 15) is 4.79 Å². The summed E-state index contributed by atoms with van der Waals surface area (Å²) >= 11 is 5.79. The van der Waals surface area contributed by atoms with Crippen molar-refractivity contribution in [3.63, 3.8) is 0 Å². The van der Waals surface area contributed by atoms with Crippen LogP contribution in [-0.4, -0.2) is 32.3 Å². The largest absolute Gasteiger partial charge is 0.462 e.